The van der Waals surface area contributed by atoms with E-state index < -0.39 is 5.54 Å². The maximum Gasteiger partial charge on any atom is 0.123 e. The van der Waals surface area contributed by atoms with Crippen molar-refractivity contribution in [3.05, 3.63) is 70.0 Å². The van der Waals surface area contributed by atoms with Crippen LogP contribution >= 0.6 is 11.6 Å². The average Bonchev–Trinajstić information content (AvgIpc) is 2.35. The number of aryl methyl sites for hydroxylation is 1. The second kappa shape index (κ2) is 5.94. The van der Waals surface area contributed by atoms with Gasteiger partial charge in [-0.15, -0.1) is 0 Å². The Morgan fingerprint density at radius 1 is 1.10 bits per heavy atom. The lowest BCUT2D eigenvalue weighted by Crippen LogP contribution is -2.41. The first-order valence-electron chi connectivity index (χ1n) is 6.64. The summed E-state index contributed by atoms with van der Waals surface area (Å²) in [6.45, 7) is 4.00. The lowest BCUT2D eigenvalue weighted by atomic mass is 9.87. The summed E-state index contributed by atoms with van der Waals surface area (Å²) in [4.78, 5) is 0. The largest absolute Gasteiger partial charge is 0.325 e. The molecule has 3 heteroatoms. The van der Waals surface area contributed by atoms with E-state index in [0.717, 1.165) is 21.7 Å². The smallest absolute Gasteiger partial charge is 0.123 e. The monoisotopic (exact) mass is 291 g/mol. The second-order valence-electron chi connectivity index (χ2n) is 5.73. The third-order valence-electron chi connectivity index (χ3n) is 3.32. The Labute approximate surface area is 124 Å². The van der Waals surface area contributed by atoms with Gasteiger partial charge in [0.25, 0.3) is 0 Å². The van der Waals surface area contributed by atoms with Gasteiger partial charge in [0.1, 0.15) is 5.82 Å². The molecule has 0 amide bonds. The summed E-state index contributed by atoms with van der Waals surface area (Å²) in [7, 11) is 0. The zero-order chi connectivity index (χ0) is 14.8. The molecule has 1 nitrogen and oxygen atoms in total. The molecule has 0 aliphatic heterocycles. The fraction of sp³-hybridized carbons (Fsp3) is 0.294. The van der Waals surface area contributed by atoms with Gasteiger partial charge >= 0.3 is 0 Å². The van der Waals surface area contributed by atoms with E-state index in [1.54, 1.807) is 12.1 Å². The minimum Gasteiger partial charge on any atom is -0.325 e. The van der Waals surface area contributed by atoms with Crippen LogP contribution in [-0.4, -0.2) is 5.54 Å². The first kappa shape index (κ1) is 15.0. The molecule has 0 aromatic heterocycles. The number of benzene rings is 2. The van der Waals surface area contributed by atoms with E-state index in [2.05, 4.69) is 0 Å². The van der Waals surface area contributed by atoms with Gasteiger partial charge in [0.15, 0.2) is 0 Å². The summed E-state index contributed by atoms with van der Waals surface area (Å²) in [6.07, 6.45) is 1.36. The highest BCUT2D eigenvalue weighted by molar-refractivity contribution is 6.31. The minimum atomic E-state index is -0.420. The van der Waals surface area contributed by atoms with Gasteiger partial charge in [0, 0.05) is 10.6 Å². The van der Waals surface area contributed by atoms with Crippen molar-refractivity contribution in [2.45, 2.75) is 32.2 Å². The van der Waals surface area contributed by atoms with Gasteiger partial charge in [-0.05, 0) is 61.6 Å². The highest BCUT2D eigenvalue weighted by Gasteiger charge is 2.21. The van der Waals surface area contributed by atoms with Crippen LogP contribution in [0.3, 0.4) is 0 Å². The fourth-order valence-corrected chi connectivity index (χ4v) is 2.66. The first-order valence-corrected chi connectivity index (χ1v) is 7.02. The van der Waals surface area contributed by atoms with Crippen LogP contribution in [0.15, 0.2) is 42.5 Å². The third kappa shape index (κ3) is 4.06. The topological polar surface area (TPSA) is 26.0 Å². The first-order chi connectivity index (χ1) is 9.35. The van der Waals surface area contributed by atoms with E-state index in [4.69, 9.17) is 17.3 Å². The van der Waals surface area contributed by atoms with Crippen LogP contribution in [0.4, 0.5) is 4.39 Å². The quantitative estimate of drug-likeness (QED) is 0.893. The van der Waals surface area contributed by atoms with E-state index in [1.807, 2.05) is 32.0 Å². The van der Waals surface area contributed by atoms with Crippen molar-refractivity contribution < 1.29 is 4.39 Å². The summed E-state index contributed by atoms with van der Waals surface area (Å²) < 4.78 is 12.9. The van der Waals surface area contributed by atoms with E-state index in [-0.39, 0.29) is 5.82 Å². The van der Waals surface area contributed by atoms with Crippen molar-refractivity contribution >= 4 is 11.6 Å². The van der Waals surface area contributed by atoms with Crippen molar-refractivity contribution in [3.63, 3.8) is 0 Å². The maximum absolute atomic E-state index is 12.9. The van der Waals surface area contributed by atoms with Gasteiger partial charge in [-0.2, -0.15) is 0 Å². The summed E-state index contributed by atoms with van der Waals surface area (Å²) in [5, 5.41) is 0.751. The summed E-state index contributed by atoms with van der Waals surface area (Å²) in [6, 6.07) is 12.5. The second-order valence-corrected chi connectivity index (χ2v) is 6.14. The zero-order valence-electron chi connectivity index (χ0n) is 11.8. The summed E-state index contributed by atoms with van der Waals surface area (Å²) in [5.74, 6) is -0.228. The van der Waals surface area contributed by atoms with E-state index in [0.29, 0.717) is 12.8 Å². The summed E-state index contributed by atoms with van der Waals surface area (Å²) >= 11 is 6.25. The normalized spacial score (nSPS) is 14.1. The van der Waals surface area contributed by atoms with Crippen molar-refractivity contribution in [1.82, 2.24) is 0 Å². The Hall–Kier alpha value is -1.38. The van der Waals surface area contributed by atoms with Gasteiger partial charge in [0.2, 0.25) is 0 Å². The molecule has 1 atom stereocenters. The molecule has 0 saturated heterocycles. The van der Waals surface area contributed by atoms with Crippen LogP contribution in [0.25, 0.3) is 0 Å². The molecule has 20 heavy (non-hydrogen) atoms. The maximum atomic E-state index is 12.9. The van der Waals surface area contributed by atoms with Crippen LogP contribution in [0, 0.1) is 12.7 Å². The van der Waals surface area contributed by atoms with Crippen molar-refractivity contribution in [1.29, 1.82) is 0 Å². The van der Waals surface area contributed by atoms with Crippen LogP contribution in [-0.2, 0) is 12.8 Å². The molecule has 0 fully saturated rings. The molecule has 2 aromatic carbocycles. The Morgan fingerprint density at radius 3 is 2.35 bits per heavy atom. The molecule has 0 heterocycles. The Bertz CT molecular complexity index is 590. The fourth-order valence-electron chi connectivity index (χ4n) is 2.36. The number of hydrogen-bond acceptors (Lipinski definition) is 1. The highest BCUT2D eigenvalue weighted by atomic mass is 35.5. The van der Waals surface area contributed by atoms with E-state index in [9.17, 15) is 4.39 Å². The van der Waals surface area contributed by atoms with Gasteiger partial charge in [-0.25, -0.2) is 4.39 Å². The number of hydrogen-bond donors (Lipinski definition) is 1. The van der Waals surface area contributed by atoms with E-state index in [1.165, 1.54) is 12.1 Å². The lowest BCUT2D eigenvalue weighted by Gasteiger charge is -2.25. The number of nitrogens with two attached hydrogens (primary N) is 1. The number of halogens is 2. The number of rotatable bonds is 4. The van der Waals surface area contributed by atoms with Crippen molar-refractivity contribution in [3.8, 4) is 0 Å². The van der Waals surface area contributed by atoms with Gasteiger partial charge in [-0.3, -0.25) is 0 Å². The average molecular weight is 292 g/mol. The Balaban J connectivity index is 2.12. The molecule has 106 valence electrons. The van der Waals surface area contributed by atoms with Gasteiger partial charge in [-0.1, -0.05) is 35.9 Å². The van der Waals surface area contributed by atoms with Crippen LogP contribution < -0.4 is 5.73 Å². The predicted octanol–water partition coefficient (Wildman–Crippen LogP) is 4.29. The third-order valence-corrected chi connectivity index (χ3v) is 3.68. The van der Waals surface area contributed by atoms with Crippen molar-refractivity contribution in [2.75, 3.05) is 0 Å². The standard InChI is InChI=1S/C17H19ClFN/c1-12-3-6-14(16(18)9-12)11-17(2,20)10-13-4-7-15(19)8-5-13/h3-9H,10-11,20H2,1-2H3. The molecule has 2 N–H and O–H groups in total. The molecule has 1 unspecified atom stereocenters. The minimum absolute atomic E-state index is 0.228. The molecular weight excluding hydrogens is 273 g/mol. The van der Waals surface area contributed by atoms with Crippen LogP contribution in [0.1, 0.15) is 23.6 Å². The Kier molecular flexibility index (Phi) is 4.46. The SMILES string of the molecule is Cc1ccc(CC(C)(N)Cc2ccc(F)cc2)c(Cl)c1. The molecule has 0 aliphatic carbocycles. The molecule has 0 radical (unpaired) electrons. The van der Waals surface area contributed by atoms with Crippen LogP contribution in [0.5, 0.6) is 0 Å². The van der Waals surface area contributed by atoms with E-state index >= 15 is 0 Å². The van der Waals surface area contributed by atoms with Crippen molar-refractivity contribution in [2.24, 2.45) is 5.73 Å². The molecule has 0 aliphatic rings. The molecular formula is C17H19ClFN. The lowest BCUT2D eigenvalue weighted by molar-refractivity contribution is 0.462. The molecule has 0 saturated carbocycles. The highest BCUT2D eigenvalue weighted by Crippen LogP contribution is 2.23. The van der Waals surface area contributed by atoms with Crippen LogP contribution in [0.2, 0.25) is 5.02 Å². The van der Waals surface area contributed by atoms with Gasteiger partial charge < -0.3 is 5.73 Å². The molecule has 2 rings (SSSR count). The summed E-state index contributed by atoms with van der Waals surface area (Å²) in [5.41, 5.74) is 9.16. The predicted molar refractivity (Wildman–Crippen MR) is 82.6 cm³/mol. The molecule has 0 bridgehead atoms. The molecule has 2 aromatic rings. The Morgan fingerprint density at radius 2 is 1.75 bits per heavy atom. The zero-order valence-corrected chi connectivity index (χ0v) is 12.5. The molecule has 0 spiro atoms. The van der Waals surface area contributed by atoms with Gasteiger partial charge in [0.05, 0.1) is 0 Å².